The van der Waals surface area contributed by atoms with Gasteiger partial charge in [0.15, 0.2) is 0 Å². The van der Waals surface area contributed by atoms with Gasteiger partial charge >= 0.3 is 0 Å². The van der Waals surface area contributed by atoms with E-state index in [9.17, 15) is 0 Å². The fourth-order valence-corrected chi connectivity index (χ4v) is 10.8. The van der Waals surface area contributed by atoms with Crippen LogP contribution in [0.3, 0.4) is 0 Å². The van der Waals surface area contributed by atoms with E-state index in [0.717, 1.165) is 35.0 Å². The third-order valence-electron chi connectivity index (χ3n) is 12.2. The lowest BCUT2D eigenvalue weighted by Crippen LogP contribution is -2.45. The van der Waals surface area contributed by atoms with Gasteiger partial charge in [-0.25, -0.2) is 0 Å². The van der Waals surface area contributed by atoms with E-state index in [-0.39, 0.29) is 0 Å². The molecule has 0 N–H and O–H groups in total. The lowest BCUT2D eigenvalue weighted by Gasteiger charge is -2.50. The molecule has 6 fully saturated rings. The van der Waals surface area contributed by atoms with Gasteiger partial charge in [-0.2, -0.15) is 0 Å². The van der Waals surface area contributed by atoms with Crippen molar-refractivity contribution in [1.82, 2.24) is 0 Å². The number of benzene rings is 4. The first-order valence-electron chi connectivity index (χ1n) is 17.3. The maximum Gasteiger partial charge on any atom is 0.0715 e. The summed E-state index contributed by atoms with van der Waals surface area (Å²) in [4.78, 5) is 11.4. The zero-order valence-corrected chi connectivity index (χ0v) is 25.8. The van der Waals surface area contributed by atoms with E-state index in [1.54, 1.807) is 0 Å². The maximum absolute atomic E-state index is 5.72. The Kier molecular flexibility index (Phi) is 6.18. The second-order valence-corrected chi connectivity index (χ2v) is 15.3. The zero-order chi connectivity index (χ0) is 28.7. The van der Waals surface area contributed by atoms with Crippen LogP contribution in [0.15, 0.2) is 82.8 Å². The highest BCUT2D eigenvalue weighted by Gasteiger charge is 2.46. The highest BCUT2D eigenvalue weighted by atomic mass is 14.8. The van der Waals surface area contributed by atoms with Crippen LogP contribution in [-0.4, -0.2) is 11.4 Å². The summed E-state index contributed by atoms with van der Waals surface area (Å²) in [6.07, 6.45) is 12.2. The number of aliphatic imine (C=N–C) groups is 2. The molecule has 2 heteroatoms. The molecule has 6 saturated carbocycles. The van der Waals surface area contributed by atoms with Gasteiger partial charge in [0.1, 0.15) is 0 Å². The smallest absolute Gasteiger partial charge is 0.0715 e. The highest BCUT2D eigenvalue weighted by molar-refractivity contribution is 6.14. The molecule has 4 atom stereocenters. The number of fused-ring (bicyclic) bond motifs is 4. The third kappa shape index (κ3) is 4.42. The molecule has 6 aliphatic rings. The van der Waals surface area contributed by atoms with Crippen molar-refractivity contribution in [3.63, 3.8) is 0 Å². The summed E-state index contributed by atoms with van der Waals surface area (Å²) in [5.41, 5.74) is 7.83. The van der Waals surface area contributed by atoms with Gasteiger partial charge in [0.25, 0.3) is 0 Å². The summed E-state index contributed by atoms with van der Waals surface area (Å²) in [5, 5.41) is 5.17. The molecule has 0 radical (unpaired) electrons. The topological polar surface area (TPSA) is 24.7 Å². The van der Waals surface area contributed by atoms with E-state index < -0.39 is 0 Å². The van der Waals surface area contributed by atoms with Crippen LogP contribution in [0.2, 0.25) is 0 Å². The summed E-state index contributed by atoms with van der Waals surface area (Å²) in [6.45, 7) is 4.90. The van der Waals surface area contributed by atoms with Crippen molar-refractivity contribution in [3.8, 4) is 11.1 Å². The molecule has 0 heterocycles. The first kappa shape index (κ1) is 26.2. The molecule has 0 saturated heterocycles. The van der Waals surface area contributed by atoms with Crippen LogP contribution < -0.4 is 0 Å². The largest absolute Gasteiger partial charge is 0.257 e. The van der Waals surface area contributed by atoms with Gasteiger partial charge in [0, 0.05) is 22.6 Å². The fraction of sp³-hybridized carbons (Fsp3) is 0.463. The van der Waals surface area contributed by atoms with E-state index in [1.807, 2.05) is 0 Å². The number of rotatable bonds is 3. The predicted octanol–water partition coefficient (Wildman–Crippen LogP) is 11.4. The van der Waals surface area contributed by atoms with Crippen LogP contribution in [0, 0.1) is 47.3 Å². The highest BCUT2D eigenvalue weighted by Crippen LogP contribution is 2.54. The minimum atomic E-state index is 0.552. The molecule has 6 aliphatic carbocycles. The maximum atomic E-state index is 5.72. The van der Waals surface area contributed by atoms with Gasteiger partial charge in [-0.1, -0.05) is 74.5 Å². The standard InChI is InChI=1S/C41H44N2/c1-24-15-26-17-25(2)40(31(16-24)19-26)42-36-13-11-29-7-3-5-9-34(29)38(36)39-35-10-6-4-8-30(35)12-14-37(39)43-41-32-20-27-18-28(22-32)23-33(41)21-27/h3-14,24-28,31-33H,15-23H2,1-2H3. The molecule has 0 aromatic heterocycles. The molecule has 218 valence electrons. The molecule has 0 amide bonds. The van der Waals surface area contributed by atoms with E-state index in [0.29, 0.717) is 23.7 Å². The van der Waals surface area contributed by atoms with Crippen LogP contribution in [0.4, 0.5) is 11.4 Å². The third-order valence-corrected chi connectivity index (χ3v) is 12.2. The SMILES string of the molecule is CC1CC2CC(C)C(=Nc3ccc4ccccc4c3-c3c(N=C4C5CC6CC(C5)CC4C6)ccc4ccccc34)C(C1)C2. The monoisotopic (exact) mass is 564 g/mol. The van der Waals surface area contributed by atoms with Crippen LogP contribution in [0.5, 0.6) is 0 Å². The van der Waals surface area contributed by atoms with Crippen molar-refractivity contribution in [3.05, 3.63) is 72.8 Å². The molecule has 43 heavy (non-hydrogen) atoms. The summed E-state index contributed by atoms with van der Waals surface area (Å²) in [6, 6.07) is 27.2. The molecular weight excluding hydrogens is 520 g/mol. The van der Waals surface area contributed by atoms with Gasteiger partial charge in [-0.3, -0.25) is 9.98 Å². The number of hydrogen-bond acceptors (Lipinski definition) is 2. The molecule has 0 spiro atoms. The molecule has 10 rings (SSSR count). The Hall–Kier alpha value is -3.26. The molecule has 6 bridgehead atoms. The van der Waals surface area contributed by atoms with Gasteiger partial charge in [-0.05, 0) is 139 Å². The minimum absolute atomic E-state index is 0.552. The Morgan fingerprint density at radius 1 is 0.465 bits per heavy atom. The lowest BCUT2D eigenvalue weighted by molar-refractivity contribution is 0.109. The quantitative estimate of drug-likeness (QED) is 0.236. The second kappa shape index (κ2) is 10.1. The van der Waals surface area contributed by atoms with Gasteiger partial charge in [0.2, 0.25) is 0 Å². The van der Waals surface area contributed by atoms with E-state index in [2.05, 4.69) is 86.6 Å². The second-order valence-electron chi connectivity index (χ2n) is 15.3. The van der Waals surface area contributed by atoms with Crippen molar-refractivity contribution in [2.24, 2.45) is 57.3 Å². The molecule has 4 aromatic carbocycles. The van der Waals surface area contributed by atoms with E-state index >= 15 is 0 Å². The summed E-state index contributed by atoms with van der Waals surface area (Å²) in [5.74, 6) is 6.11. The van der Waals surface area contributed by atoms with Crippen LogP contribution in [-0.2, 0) is 0 Å². The fourth-order valence-electron chi connectivity index (χ4n) is 10.8. The summed E-state index contributed by atoms with van der Waals surface area (Å²) in [7, 11) is 0. The lowest BCUT2D eigenvalue weighted by atomic mass is 9.55. The Bertz CT molecular complexity index is 1760. The first-order valence-corrected chi connectivity index (χ1v) is 17.3. The average molecular weight is 565 g/mol. The Morgan fingerprint density at radius 2 is 0.953 bits per heavy atom. The van der Waals surface area contributed by atoms with Crippen molar-refractivity contribution in [1.29, 1.82) is 0 Å². The number of hydrogen-bond donors (Lipinski definition) is 0. The zero-order valence-electron chi connectivity index (χ0n) is 25.8. The van der Waals surface area contributed by atoms with Crippen LogP contribution in [0.25, 0.3) is 32.7 Å². The van der Waals surface area contributed by atoms with Gasteiger partial charge in [-0.15, -0.1) is 0 Å². The molecule has 2 nitrogen and oxygen atoms in total. The van der Waals surface area contributed by atoms with Crippen molar-refractivity contribution < 1.29 is 0 Å². The summed E-state index contributed by atoms with van der Waals surface area (Å²) >= 11 is 0. The predicted molar refractivity (Wildman–Crippen MR) is 182 cm³/mol. The van der Waals surface area contributed by atoms with E-state index in [1.165, 1.54) is 102 Å². The van der Waals surface area contributed by atoms with Crippen molar-refractivity contribution >= 4 is 44.3 Å². The van der Waals surface area contributed by atoms with Crippen LogP contribution in [0.1, 0.15) is 71.6 Å². The normalized spacial score (nSPS) is 33.9. The Balaban J connectivity index is 1.28. The average Bonchev–Trinajstić information content (AvgIpc) is 3.00. The van der Waals surface area contributed by atoms with Gasteiger partial charge < -0.3 is 0 Å². The van der Waals surface area contributed by atoms with Crippen molar-refractivity contribution in [2.45, 2.75) is 71.6 Å². The molecular formula is C41H44N2. The van der Waals surface area contributed by atoms with Crippen LogP contribution >= 0.6 is 0 Å². The number of nitrogens with zero attached hydrogens (tertiary/aromatic N) is 2. The van der Waals surface area contributed by atoms with E-state index in [4.69, 9.17) is 9.98 Å². The minimum Gasteiger partial charge on any atom is -0.257 e. The Labute approximate surface area is 256 Å². The van der Waals surface area contributed by atoms with Crippen molar-refractivity contribution in [2.75, 3.05) is 0 Å². The Morgan fingerprint density at radius 3 is 1.53 bits per heavy atom. The molecule has 4 aromatic rings. The molecule has 0 aliphatic heterocycles. The summed E-state index contributed by atoms with van der Waals surface area (Å²) < 4.78 is 0. The van der Waals surface area contributed by atoms with Gasteiger partial charge in [0.05, 0.1) is 11.4 Å². The first-order chi connectivity index (χ1) is 21.1. The molecule has 4 unspecified atom stereocenters.